The summed E-state index contributed by atoms with van der Waals surface area (Å²) in [7, 11) is 0. The highest BCUT2D eigenvalue weighted by atomic mass is 35.5. The van der Waals surface area contributed by atoms with Crippen LogP contribution in [0.1, 0.15) is 63.5 Å². The lowest BCUT2D eigenvalue weighted by Gasteiger charge is -2.17. The first kappa shape index (κ1) is 17.0. The Bertz CT molecular complexity index is 432. The van der Waals surface area contributed by atoms with Gasteiger partial charge in [-0.3, -0.25) is 0 Å². The average Bonchev–Trinajstić information content (AvgIpc) is 2.88. The van der Waals surface area contributed by atoms with Gasteiger partial charge in [0.05, 0.1) is 0 Å². The monoisotopic (exact) mass is 295 g/mol. The summed E-state index contributed by atoms with van der Waals surface area (Å²) >= 11 is 0. The third kappa shape index (κ3) is 3.99. The van der Waals surface area contributed by atoms with Gasteiger partial charge in [-0.2, -0.15) is 0 Å². The van der Waals surface area contributed by atoms with Gasteiger partial charge in [-0.15, -0.1) is 0 Å². The van der Waals surface area contributed by atoms with Gasteiger partial charge >= 0.3 is 6.40 Å². The van der Waals surface area contributed by atoms with Crippen LogP contribution in [0.5, 0.6) is 5.75 Å². The molecule has 0 bridgehead atoms. The normalized spacial score (nSPS) is 14.6. The molecule has 1 aromatic rings. The molecule has 1 saturated heterocycles. The Labute approximate surface area is 129 Å². The lowest BCUT2D eigenvalue weighted by atomic mass is 9.94. The van der Waals surface area contributed by atoms with E-state index in [9.17, 15) is 0 Å². The van der Waals surface area contributed by atoms with Crippen molar-refractivity contribution in [2.75, 3.05) is 13.1 Å². The summed E-state index contributed by atoms with van der Waals surface area (Å²) in [5.41, 5.74) is 2.61. The maximum atomic E-state index is 6.08. The molecule has 2 nitrogen and oxygen atoms in total. The number of para-hydroxylation sites is 1. The van der Waals surface area contributed by atoms with Crippen molar-refractivity contribution in [1.29, 1.82) is 0 Å². The summed E-state index contributed by atoms with van der Waals surface area (Å²) in [5, 5.41) is 0. The zero-order valence-corrected chi connectivity index (χ0v) is 13.8. The maximum Gasteiger partial charge on any atom is 0.329 e. The minimum atomic E-state index is 0. The van der Waals surface area contributed by atoms with Crippen LogP contribution in [0.2, 0.25) is 0 Å². The number of nitrogens with zero attached hydrogens (tertiary/aromatic N) is 1. The van der Waals surface area contributed by atoms with E-state index in [0.717, 1.165) is 18.8 Å². The van der Waals surface area contributed by atoms with Crippen LogP contribution >= 0.6 is 0 Å². The Morgan fingerprint density at radius 2 is 1.50 bits per heavy atom. The molecule has 0 spiro atoms. The molecule has 1 aliphatic heterocycles. The highest BCUT2D eigenvalue weighted by Crippen LogP contribution is 2.34. The number of ether oxygens (including phenoxy) is 1. The van der Waals surface area contributed by atoms with E-state index < -0.39 is 0 Å². The van der Waals surface area contributed by atoms with E-state index in [-0.39, 0.29) is 12.4 Å². The van der Waals surface area contributed by atoms with Crippen molar-refractivity contribution < 1.29 is 21.7 Å². The second kappa shape index (κ2) is 7.68. The predicted molar refractivity (Wildman–Crippen MR) is 80.5 cm³/mol. The molecule has 0 amide bonds. The standard InChI is InChI=1S/C17H26NO.ClH/c1-13(2)15-8-7-9-16(14(3)4)17(15)19-12-18-10-5-6-11-18;/h7-9,12-14H,5-6,10-11H2,1-4H3;1H/q+1;/p-1. The zero-order chi connectivity index (χ0) is 13.8. The fourth-order valence-corrected chi connectivity index (χ4v) is 2.59. The Balaban J connectivity index is 0.00000200. The van der Waals surface area contributed by atoms with Crippen LogP contribution in [-0.4, -0.2) is 24.1 Å². The van der Waals surface area contributed by atoms with Gasteiger partial charge < -0.3 is 17.1 Å². The third-order valence-corrected chi connectivity index (χ3v) is 3.78. The number of benzene rings is 1. The van der Waals surface area contributed by atoms with Crippen molar-refractivity contribution in [2.24, 2.45) is 0 Å². The molecule has 1 aliphatic rings. The Hall–Kier alpha value is -1.02. The second-order valence-corrected chi connectivity index (χ2v) is 6.04. The molecular weight excluding hydrogens is 270 g/mol. The molecule has 0 radical (unpaired) electrons. The minimum absolute atomic E-state index is 0. The summed E-state index contributed by atoms with van der Waals surface area (Å²) in [6, 6.07) is 6.51. The first-order chi connectivity index (χ1) is 9.09. The van der Waals surface area contributed by atoms with E-state index >= 15 is 0 Å². The van der Waals surface area contributed by atoms with Crippen LogP contribution in [0.25, 0.3) is 0 Å². The van der Waals surface area contributed by atoms with Crippen molar-refractivity contribution in [1.82, 2.24) is 0 Å². The number of hydrogen-bond donors (Lipinski definition) is 0. The first-order valence-electron chi connectivity index (χ1n) is 7.46. The SMILES string of the molecule is CC(C)c1cccc(C(C)C)c1OC=[N+]1CCCC1.[Cl-]. The van der Waals surface area contributed by atoms with Crippen LogP contribution in [0.3, 0.4) is 0 Å². The maximum absolute atomic E-state index is 6.08. The van der Waals surface area contributed by atoms with Gasteiger partial charge in [0.2, 0.25) is 0 Å². The molecule has 2 rings (SSSR count). The van der Waals surface area contributed by atoms with Crippen LogP contribution in [0.4, 0.5) is 0 Å². The van der Waals surface area contributed by atoms with Crippen LogP contribution < -0.4 is 17.1 Å². The van der Waals surface area contributed by atoms with E-state index in [1.165, 1.54) is 24.0 Å². The van der Waals surface area contributed by atoms with E-state index in [2.05, 4.69) is 50.5 Å². The van der Waals surface area contributed by atoms with Crippen LogP contribution in [0, 0.1) is 0 Å². The fourth-order valence-electron chi connectivity index (χ4n) is 2.59. The van der Waals surface area contributed by atoms with Crippen LogP contribution in [0.15, 0.2) is 18.2 Å². The molecule has 112 valence electrons. The lowest BCUT2D eigenvalue weighted by molar-refractivity contribution is -0.507. The molecule has 0 saturated carbocycles. The average molecular weight is 296 g/mol. The van der Waals surface area contributed by atoms with Crippen molar-refractivity contribution >= 4 is 6.40 Å². The summed E-state index contributed by atoms with van der Waals surface area (Å²) < 4.78 is 8.35. The zero-order valence-electron chi connectivity index (χ0n) is 13.0. The molecule has 1 aromatic carbocycles. The smallest absolute Gasteiger partial charge is 0.329 e. The Kier molecular flexibility index (Phi) is 6.54. The summed E-state index contributed by atoms with van der Waals surface area (Å²) in [5.74, 6) is 2.04. The van der Waals surface area contributed by atoms with Crippen molar-refractivity contribution in [3.05, 3.63) is 29.3 Å². The molecule has 3 heteroatoms. The quantitative estimate of drug-likeness (QED) is 0.600. The molecule has 0 N–H and O–H groups in total. The van der Waals surface area contributed by atoms with Crippen molar-refractivity contribution in [3.8, 4) is 5.75 Å². The summed E-state index contributed by atoms with van der Waals surface area (Å²) in [6.07, 6.45) is 4.49. The van der Waals surface area contributed by atoms with Gasteiger partial charge in [0.25, 0.3) is 0 Å². The van der Waals surface area contributed by atoms with Gasteiger partial charge in [-0.25, -0.2) is 4.58 Å². The summed E-state index contributed by atoms with van der Waals surface area (Å²) in [6.45, 7) is 11.1. The highest BCUT2D eigenvalue weighted by molar-refractivity contribution is 5.54. The van der Waals surface area contributed by atoms with Gasteiger partial charge in [0, 0.05) is 12.8 Å². The minimum Gasteiger partial charge on any atom is -1.00 e. The molecule has 1 fully saturated rings. The molecule has 0 aliphatic carbocycles. The molecular formula is C17H26ClNO. The van der Waals surface area contributed by atoms with Gasteiger partial charge in [-0.05, 0) is 23.0 Å². The predicted octanol–water partition coefficient (Wildman–Crippen LogP) is 1.15. The fraction of sp³-hybridized carbons (Fsp3) is 0.588. The summed E-state index contributed by atoms with van der Waals surface area (Å²) in [4.78, 5) is 0. The van der Waals surface area contributed by atoms with E-state index in [1.807, 2.05) is 6.40 Å². The second-order valence-electron chi connectivity index (χ2n) is 6.04. The first-order valence-corrected chi connectivity index (χ1v) is 7.46. The van der Waals surface area contributed by atoms with Crippen molar-refractivity contribution in [2.45, 2.75) is 52.4 Å². The largest absolute Gasteiger partial charge is 1.00 e. The molecule has 0 aromatic heterocycles. The molecule has 1 heterocycles. The Morgan fingerprint density at radius 3 is 1.95 bits per heavy atom. The molecule has 0 atom stereocenters. The van der Waals surface area contributed by atoms with Gasteiger partial charge in [0.1, 0.15) is 18.8 Å². The van der Waals surface area contributed by atoms with Crippen LogP contribution in [-0.2, 0) is 0 Å². The molecule has 20 heavy (non-hydrogen) atoms. The number of hydrogen-bond acceptors (Lipinski definition) is 1. The van der Waals surface area contributed by atoms with E-state index in [1.54, 1.807) is 0 Å². The van der Waals surface area contributed by atoms with Gasteiger partial charge in [-0.1, -0.05) is 45.9 Å². The van der Waals surface area contributed by atoms with E-state index in [0.29, 0.717) is 11.8 Å². The highest BCUT2D eigenvalue weighted by Gasteiger charge is 2.17. The number of halogens is 1. The van der Waals surface area contributed by atoms with Gasteiger partial charge in [0.15, 0.2) is 0 Å². The third-order valence-electron chi connectivity index (χ3n) is 3.78. The lowest BCUT2D eigenvalue weighted by Crippen LogP contribution is -3.00. The van der Waals surface area contributed by atoms with E-state index in [4.69, 9.17) is 4.74 Å². The topological polar surface area (TPSA) is 12.2 Å². The van der Waals surface area contributed by atoms with Crippen molar-refractivity contribution in [3.63, 3.8) is 0 Å². The number of rotatable bonds is 4. The molecule has 0 unspecified atom stereocenters. The Morgan fingerprint density at radius 1 is 1.00 bits per heavy atom.